The van der Waals surface area contributed by atoms with Gasteiger partial charge in [-0.25, -0.2) is 14.4 Å². The van der Waals surface area contributed by atoms with E-state index in [2.05, 4.69) is 21.2 Å². The molecule has 3 rings (SSSR count). The summed E-state index contributed by atoms with van der Waals surface area (Å²) >= 11 is 3.36. The van der Waals surface area contributed by atoms with Crippen LogP contribution in [0.5, 0.6) is 0 Å². The van der Waals surface area contributed by atoms with Crippen LogP contribution in [0.2, 0.25) is 0 Å². The van der Waals surface area contributed by atoms with Crippen LogP contribution in [0.4, 0.5) is 5.69 Å². The number of halogens is 1. The molecule has 0 aliphatic carbocycles. The molecule has 3 N–H and O–H groups in total. The Labute approximate surface area is 174 Å². The molecule has 0 fully saturated rings. The third kappa shape index (κ3) is 3.18. The van der Waals surface area contributed by atoms with E-state index >= 15 is 0 Å². The second-order valence-corrected chi connectivity index (χ2v) is 7.21. The highest BCUT2D eigenvalue weighted by Gasteiger charge is 2.62. The largest absolute Gasteiger partial charge is 0.466 e. The quantitative estimate of drug-likeness (QED) is 0.376. The molecule has 9 nitrogen and oxygen atoms in total. The SMILES string of the molecule is COCCOC(=O)C1=C(N)Nc2ccc(Br)cc2[C@]12C(=O)OC(C)=C2C(=O)OC. The standard InChI is InChI=1S/C19H19BrN2O7/c1-9-13(16(23)27-3)19(18(25)29-9)11-8-10(20)4-5-12(11)22-15(21)14(19)17(24)28-7-6-26-2/h4-5,8,22H,6-7,21H2,1-3H3/t19-/m1/s1. The number of carbonyl (C=O) groups is 3. The van der Waals surface area contributed by atoms with E-state index in [1.807, 2.05) is 0 Å². The first-order valence-electron chi connectivity index (χ1n) is 8.54. The van der Waals surface area contributed by atoms with Crippen molar-refractivity contribution in [2.24, 2.45) is 5.73 Å². The van der Waals surface area contributed by atoms with E-state index in [-0.39, 0.29) is 35.9 Å². The van der Waals surface area contributed by atoms with Crippen molar-refractivity contribution < 1.29 is 33.3 Å². The Balaban J connectivity index is 2.31. The molecule has 0 bridgehead atoms. The first kappa shape index (κ1) is 20.9. The summed E-state index contributed by atoms with van der Waals surface area (Å²) in [6.07, 6.45) is 0. The van der Waals surface area contributed by atoms with Gasteiger partial charge in [0.2, 0.25) is 0 Å². The normalized spacial score (nSPS) is 20.3. The summed E-state index contributed by atoms with van der Waals surface area (Å²) in [7, 11) is 2.63. The Hall–Kier alpha value is -2.85. The van der Waals surface area contributed by atoms with Crippen LogP contribution in [0, 0.1) is 0 Å². The highest BCUT2D eigenvalue weighted by Crippen LogP contribution is 2.53. The number of carbonyl (C=O) groups excluding carboxylic acids is 3. The van der Waals surface area contributed by atoms with E-state index in [9.17, 15) is 14.4 Å². The third-order valence-electron chi connectivity index (χ3n) is 4.69. The van der Waals surface area contributed by atoms with Crippen LogP contribution in [0.1, 0.15) is 12.5 Å². The number of hydrogen-bond donors (Lipinski definition) is 2. The molecule has 0 saturated carbocycles. The van der Waals surface area contributed by atoms with Gasteiger partial charge in [-0.2, -0.15) is 0 Å². The molecule has 0 saturated heterocycles. The van der Waals surface area contributed by atoms with Crippen LogP contribution in [-0.2, 0) is 38.7 Å². The van der Waals surface area contributed by atoms with E-state index < -0.39 is 23.3 Å². The number of hydrogen-bond acceptors (Lipinski definition) is 9. The van der Waals surface area contributed by atoms with Gasteiger partial charge in [0.25, 0.3) is 0 Å². The lowest BCUT2D eigenvalue weighted by molar-refractivity contribution is -0.147. The van der Waals surface area contributed by atoms with Crippen LogP contribution < -0.4 is 11.1 Å². The highest BCUT2D eigenvalue weighted by molar-refractivity contribution is 9.10. The first-order chi connectivity index (χ1) is 13.8. The average molecular weight is 467 g/mol. The minimum Gasteiger partial charge on any atom is -0.466 e. The zero-order valence-electron chi connectivity index (χ0n) is 16.0. The van der Waals surface area contributed by atoms with Gasteiger partial charge in [0.1, 0.15) is 29.3 Å². The summed E-state index contributed by atoms with van der Waals surface area (Å²) in [4.78, 5) is 38.9. The van der Waals surface area contributed by atoms with Gasteiger partial charge in [-0.3, -0.25) is 0 Å². The zero-order valence-corrected chi connectivity index (χ0v) is 17.5. The van der Waals surface area contributed by atoms with Crippen LogP contribution in [0.25, 0.3) is 0 Å². The second-order valence-electron chi connectivity index (χ2n) is 6.29. The highest BCUT2D eigenvalue weighted by atomic mass is 79.9. The predicted octanol–water partition coefficient (Wildman–Crippen LogP) is 1.48. The van der Waals surface area contributed by atoms with Crippen LogP contribution in [-0.4, -0.2) is 45.3 Å². The molecule has 1 aromatic rings. The fourth-order valence-corrected chi connectivity index (χ4v) is 3.90. The molecule has 154 valence electrons. The molecule has 0 aromatic heterocycles. The number of methoxy groups -OCH3 is 2. The van der Waals surface area contributed by atoms with Gasteiger partial charge in [-0.05, 0) is 25.1 Å². The number of benzene rings is 1. The molecule has 29 heavy (non-hydrogen) atoms. The molecule has 0 unspecified atom stereocenters. The van der Waals surface area contributed by atoms with E-state index in [1.54, 1.807) is 18.2 Å². The lowest BCUT2D eigenvalue weighted by Crippen LogP contribution is -2.47. The molecule has 2 aliphatic heterocycles. The molecule has 0 amide bonds. The monoisotopic (exact) mass is 466 g/mol. The summed E-state index contributed by atoms with van der Waals surface area (Å²) < 4.78 is 20.9. The lowest BCUT2D eigenvalue weighted by Gasteiger charge is -2.36. The molecule has 1 aromatic carbocycles. The number of fused-ring (bicyclic) bond motifs is 2. The van der Waals surface area contributed by atoms with Gasteiger partial charge in [0, 0.05) is 22.8 Å². The Kier molecular flexibility index (Phi) is 5.67. The Morgan fingerprint density at radius 2 is 1.93 bits per heavy atom. The van der Waals surface area contributed by atoms with E-state index in [1.165, 1.54) is 21.1 Å². The Bertz CT molecular complexity index is 969. The Morgan fingerprint density at radius 1 is 1.21 bits per heavy atom. The summed E-state index contributed by atoms with van der Waals surface area (Å²) in [6, 6.07) is 5.00. The number of nitrogens with two attached hydrogens (primary N) is 1. The summed E-state index contributed by atoms with van der Waals surface area (Å²) in [6.45, 7) is 1.52. The van der Waals surface area contributed by atoms with Gasteiger partial charge < -0.3 is 30.0 Å². The molecule has 2 aliphatic rings. The third-order valence-corrected chi connectivity index (χ3v) is 5.19. The maximum Gasteiger partial charge on any atom is 0.339 e. The van der Waals surface area contributed by atoms with Crippen molar-refractivity contribution in [2.75, 3.05) is 32.8 Å². The molecule has 1 spiro atoms. The summed E-state index contributed by atoms with van der Waals surface area (Å²) in [5.74, 6) is -2.67. The zero-order chi connectivity index (χ0) is 21.3. The minimum absolute atomic E-state index is 0.0182. The molecule has 0 radical (unpaired) electrons. The predicted molar refractivity (Wildman–Crippen MR) is 104 cm³/mol. The van der Waals surface area contributed by atoms with Crippen LogP contribution in [0.3, 0.4) is 0 Å². The first-order valence-corrected chi connectivity index (χ1v) is 9.33. The van der Waals surface area contributed by atoms with E-state index in [0.717, 1.165) is 0 Å². The van der Waals surface area contributed by atoms with Crippen molar-refractivity contribution in [1.82, 2.24) is 0 Å². The van der Waals surface area contributed by atoms with Crippen molar-refractivity contribution in [2.45, 2.75) is 12.3 Å². The van der Waals surface area contributed by atoms with Crippen molar-refractivity contribution in [1.29, 1.82) is 0 Å². The number of esters is 3. The summed E-state index contributed by atoms with van der Waals surface area (Å²) in [5.41, 5.74) is 4.57. The molecular weight excluding hydrogens is 448 g/mol. The van der Waals surface area contributed by atoms with Gasteiger partial charge in [-0.15, -0.1) is 0 Å². The minimum atomic E-state index is -1.93. The number of allylic oxidation sites excluding steroid dienone is 1. The molecule has 2 heterocycles. The molecule has 10 heteroatoms. The maximum atomic E-state index is 13.2. The fourth-order valence-electron chi connectivity index (χ4n) is 3.54. The number of ether oxygens (including phenoxy) is 4. The number of cyclic esters (lactones) is 1. The van der Waals surface area contributed by atoms with Gasteiger partial charge in [0.05, 0.1) is 13.7 Å². The average Bonchev–Trinajstić information content (AvgIpc) is 2.92. The molecule has 1 atom stereocenters. The number of nitrogens with one attached hydrogen (secondary N) is 1. The topological polar surface area (TPSA) is 126 Å². The maximum absolute atomic E-state index is 13.2. The lowest BCUT2D eigenvalue weighted by atomic mass is 9.67. The summed E-state index contributed by atoms with van der Waals surface area (Å²) in [5, 5.41) is 2.89. The van der Waals surface area contributed by atoms with Gasteiger partial charge in [-0.1, -0.05) is 15.9 Å². The number of anilines is 1. The van der Waals surface area contributed by atoms with E-state index in [0.29, 0.717) is 15.7 Å². The Morgan fingerprint density at radius 3 is 2.59 bits per heavy atom. The van der Waals surface area contributed by atoms with Crippen LogP contribution >= 0.6 is 15.9 Å². The van der Waals surface area contributed by atoms with Crippen molar-refractivity contribution in [3.05, 3.63) is 51.0 Å². The van der Waals surface area contributed by atoms with E-state index in [4.69, 9.17) is 24.7 Å². The van der Waals surface area contributed by atoms with Gasteiger partial charge >= 0.3 is 17.9 Å². The smallest absolute Gasteiger partial charge is 0.339 e. The van der Waals surface area contributed by atoms with Crippen molar-refractivity contribution in [3.63, 3.8) is 0 Å². The van der Waals surface area contributed by atoms with Crippen molar-refractivity contribution >= 4 is 39.5 Å². The molecular formula is C19H19BrN2O7. The second kappa shape index (κ2) is 7.88. The van der Waals surface area contributed by atoms with Gasteiger partial charge in [0.15, 0.2) is 5.41 Å². The fraction of sp³-hybridized carbons (Fsp3) is 0.316. The van der Waals surface area contributed by atoms with Crippen molar-refractivity contribution in [3.8, 4) is 0 Å². The number of rotatable bonds is 5. The van der Waals surface area contributed by atoms with Crippen LogP contribution in [0.15, 0.2) is 45.4 Å².